The SMILES string of the molecule is Cc1ccc(S(=O)(=O)NCC(c2ccco2)N2CCCC2)cc1Cl. The van der Waals surface area contributed by atoms with Crippen LogP contribution in [0.15, 0.2) is 45.9 Å². The van der Waals surface area contributed by atoms with Crippen molar-refractivity contribution in [1.82, 2.24) is 9.62 Å². The Kier molecular flexibility index (Phi) is 5.30. The van der Waals surface area contributed by atoms with Crippen LogP contribution in [0.2, 0.25) is 5.02 Å². The van der Waals surface area contributed by atoms with E-state index in [1.54, 1.807) is 18.4 Å². The molecule has 2 heterocycles. The van der Waals surface area contributed by atoms with Gasteiger partial charge in [-0.05, 0) is 62.7 Å². The Hall–Kier alpha value is -1.34. The molecule has 1 unspecified atom stereocenters. The molecule has 2 aromatic rings. The third-order valence-electron chi connectivity index (χ3n) is 4.37. The van der Waals surface area contributed by atoms with E-state index in [-0.39, 0.29) is 17.5 Å². The second kappa shape index (κ2) is 7.27. The summed E-state index contributed by atoms with van der Waals surface area (Å²) in [6.07, 6.45) is 3.86. The number of halogens is 1. The Morgan fingerprint density at radius 2 is 2.04 bits per heavy atom. The second-order valence-corrected chi connectivity index (χ2v) is 8.21. The first kappa shape index (κ1) is 17.5. The van der Waals surface area contributed by atoms with E-state index in [0.29, 0.717) is 5.02 Å². The highest BCUT2D eigenvalue weighted by Crippen LogP contribution is 2.26. The number of hydrogen-bond acceptors (Lipinski definition) is 4. The summed E-state index contributed by atoms with van der Waals surface area (Å²) in [6, 6.07) is 8.38. The second-order valence-electron chi connectivity index (χ2n) is 6.04. The summed E-state index contributed by atoms with van der Waals surface area (Å²) in [6.45, 7) is 4.00. The minimum atomic E-state index is -3.62. The van der Waals surface area contributed by atoms with Crippen molar-refractivity contribution in [2.75, 3.05) is 19.6 Å². The summed E-state index contributed by atoms with van der Waals surface area (Å²) in [4.78, 5) is 2.43. The third kappa shape index (κ3) is 3.83. The predicted molar refractivity (Wildman–Crippen MR) is 93.6 cm³/mol. The molecule has 0 amide bonds. The van der Waals surface area contributed by atoms with Gasteiger partial charge in [0.1, 0.15) is 5.76 Å². The van der Waals surface area contributed by atoms with Crippen LogP contribution < -0.4 is 4.72 Å². The number of nitrogens with zero attached hydrogens (tertiary/aromatic N) is 1. The van der Waals surface area contributed by atoms with Crippen LogP contribution in [-0.2, 0) is 10.0 Å². The molecule has 3 rings (SSSR count). The van der Waals surface area contributed by atoms with Gasteiger partial charge in [0, 0.05) is 11.6 Å². The van der Waals surface area contributed by atoms with Crippen LogP contribution in [0.3, 0.4) is 0 Å². The van der Waals surface area contributed by atoms with Gasteiger partial charge in [-0.15, -0.1) is 0 Å². The molecule has 24 heavy (non-hydrogen) atoms. The van der Waals surface area contributed by atoms with Gasteiger partial charge in [-0.2, -0.15) is 0 Å². The summed E-state index contributed by atoms with van der Waals surface area (Å²) in [5.74, 6) is 0.779. The number of furan rings is 1. The maximum absolute atomic E-state index is 12.6. The molecular weight excluding hydrogens is 348 g/mol. The van der Waals surface area contributed by atoms with Gasteiger partial charge in [0.05, 0.1) is 17.2 Å². The van der Waals surface area contributed by atoms with Crippen molar-refractivity contribution in [3.63, 3.8) is 0 Å². The summed E-state index contributed by atoms with van der Waals surface area (Å²) < 4.78 is 33.3. The highest BCUT2D eigenvalue weighted by molar-refractivity contribution is 7.89. The van der Waals surface area contributed by atoms with E-state index >= 15 is 0 Å². The van der Waals surface area contributed by atoms with Crippen LogP contribution in [-0.4, -0.2) is 33.0 Å². The zero-order valence-corrected chi connectivity index (χ0v) is 15.1. The molecule has 1 aliphatic rings. The van der Waals surface area contributed by atoms with Crippen LogP contribution in [0.4, 0.5) is 0 Å². The molecule has 1 fully saturated rings. The largest absolute Gasteiger partial charge is 0.468 e. The molecule has 1 N–H and O–H groups in total. The lowest BCUT2D eigenvalue weighted by molar-refractivity contribution is 0.216. The number of nitrogens with one attached hydrogen (secondary N) is 1. The number of rotatable bonds is 6. The van der Waals surface area contributed by atoms with Gasteiger partial charge in [0.2, 0.25) is 10.0 Å². The van der Waals surface area contributed by atoms with E-state index in [1.807, 2.05) is 19.1 Å². The number of benzene rings is 1. The summed E-state index contributed by atoms with van der Waals surface area (Å²) in [7, 11) is -3.62. The zero-order valence-electron chi connectivity index (χ0n) is 13.5. The van der Waals surface area contributed by atoms with Crippen molar-refractivity contribution in [3.8, 4) is 0 Å². The molecule has 1 atom stereocenters. The van der Waals surface area contributed by atoms with Gasteiger partial charge < -0.3 is 4.42 Å². The van der Waals surface area contributed by atoms with Gasteiger partial charge in [0.15, 0.2) is 0 Å². The minimum absolute atomic E-state index is 0.0989. The number of hydrogen-bond donors (Lipinski definition) is 1. The van der Waals surface area contributed by atoms with Crippen molar-refractivity contribution >= 4 is 21.6 Å². The monoisotopic (exact) mass is 368 g/mol. The molecule has 1 saturated heterocycles. The molecule has 1 aromatic heterocycles. The fourth-order valence-electron chi connectivity index (χ4n) is 2.96. The number of sulfonamides is 1. The zero-order chi connectivity index (χ0) is 17.2. The van der Waals surface area contributed by atoms with Crippen LogP contribution in [0.5, 0.6) is 0 Å². The molecule has 1 aromatic carbocycles. The Morgan fingerprint density at radius 1 is 1.29 bits per heavy atom. The topological polar surface area (TPSA) is 62.6 Å². The van der Waals surface area contributed by atoms with Crippen molar-refractivity contribution in [2.24, 2.45) is 0 Å². The maximum Gasteiger partial charge on any atom is 0.240 e. The Morgan fingerprint density at radius 3 is 2.67 bits per heavy atom. The number of likely N-dealkylation sites (tertiary alicyclic amines) is 1. The maximum atomic E-state index is 12.6. The fraction of sp³-hybridized carbons (Fsp3) is 0.412. The Bertz CT molecular complexity index is 784. The van der Waals surface area contributed by atoms with Gasteiger partial charge in [-0.3, -0.25) is 4.90 Å². The first-order valence-corrected chi connectivity index (χ1v) is 9.87. The third-order valence-corrected chi connectivity index (χ3v) is 6.20. The molecule has 0 aliphatic carbocycles. The molecule has 0 bridgehead atoms. The fourth-order valence-corrected chi connectivity index (χ4v) is 4.27. The number of aryl methyl sites for hydroxylation is 1. The molecule has 0 radical (unpaired) electrons. The van der Waals surface area contributed by atoms with Gasteiger partial charge >= 0.3 is 0 Å². The average molecular weight is 369 g/mol. The highest BCUT2D eigenvalue weighted by Gasteiger charge is 2.27. The molecule has 0 saturated carbocycles. The van der Waals surface area contributed by atoms with Crippen LogP contribution in [0.1, 0.15) is 30.2 Å². The molecule has 130 valence electrons. The van der Waals surface area contributed by atoms with Crippen molar-refractivity contribution < 1.29 is 12.8 Å². The Balaban J connectivity index is 1.76. The van der Waals surface area contributed by atoms with Crippen LogP contribution in [0.25, 0.3) is 0 Å². The van der Waals surface area contributed by atoms with E-state index in [0.717, 1.165) is 37.3 Å². The smallest absolute Gasteiger partial charge is 0.240 e. The van der Waals surface area contributed by atoms with Crippen molar-refractivity contribution in [2.45, 2.75) is 30.7 Å². The van der Waals surface area contributed by atoms with E-state index in [9.17, 15) is 8.42 Å². The molecule has 1 aliphatic heterocycles. The summed E-state index contributed by atoms with van der Waals surface area (Å²) in [5, 5.41) is 0.444. The highest BCUT2D eigenvalue weighted by atomic mass is 35.5. The normalized spacial score (nSPS) is 17.2. The van der Waals surface area contributed by atoms with E-state index < -0.39 is 10.0 Å². The summed E-state index contributed by atoms with van der Waals surface area (Å²) in [5.41, 5.74) is 0.848. The first-order chi connectivity index (χ1) is 11.5. The van der Waals surface area contributed by atoms with E-state index in [4.69, 9.17) is 16.0 Å². The van der Waals surface area contributed by atoms with Crippen LogP contribution in [0, 0.1) is 6.92 Å². The lowest BCUT2D eigenvalue weighted by Crippen LogP contribution is -2.36. The minimum Gasteiger partial charge on any atom is -0.468 e. The van der Waals surface area contributed by atoms with E-state index in [2.05, 4.69) is 9.62 Å². The summed E-state index contributed by atoms with van der Waals surface area (Å²) >= 11 is 6.05. The lowest BCUT2D eigenvalue weighted by atomic mass is 10.2. The Labute approximate surface area is 147 Å². The molecule has 7 heteroatoms. The standard InChI is InChI=1S/C17H21ClN2O3S/c1-13-6-7-14(11-15(13)18)24(21,22)19-12-16(17-5-4-10-23-17)20-8-2-3-9-20/h4-7,10-11,16,19H,2-3,8-9,12H2,1H3. The molecule has 5 nitrogen and oxygen atoms in total. The predicted octanol–water partition coefficient (Wildman–Crippen LogP) is 3.36. The van der Waals surface area contributed by atoms with Crippen molar-refractivity contribution in [1.29, 1.82) is 0 Å². The van der Waals surface area contributed by atoms with Gasteiger partial charge in [-0.25, -0.2) is 13.1 Å². The van der Waals surface area contributed by atoms with Gasteiger partial charge in [-0.1, -0.05) is 17.7 Å². The quantitative estimate of drug-likeness (QED) is 0.849. The van der Waals surface area contributed by atoms with E-state index in [1.165, 1.54) is 6.07 Å². The average Bonchev–Trinajstić information content (AvgIpc) is 3.24. The van der Waals surface area contributed by atoms with Crippen molar-refractivity contribution in [3.05, 3.63) is 52.9 Å². The molecular formula is C17H21ClN2O3S. The van der Waals surface area contributed by atoms with Crippen LogP contribution >= 0.6 is 11.6 Å². The van der Waals surface area contributed by atoms with Gasteiger partial charge in [0.25, 0.3) is 0 Å². The molecule has 0 spiro atoms. The first-order valence-electron chi connectivity index (χ1n) is 8.00. The lowest BCUT2D eigenvalue weighted by Gasteiger charge is -2.26.